The maximum atomic E-state index is 12.1. The Morgan fingerprint density at radius 1 is 1.10 bits per heavy atom. The number of nitrogens with one attached hydrogen (secondary N) is 1. The van der Waals surface area contributed by atoms with Crippen LogP contribution in [-0.2, 0) is 20.1 Å². The maximum Gasteiger partial charge on any atom is 0.534 e. The Kier molecular flexibility index (Phi) is 4.90. The zero-order valence-electron chi connectivity index (χ0n) is 10.9. The van der Waals surface area contributed by atoms with E-state index in [1.54, 1.807) is 0 Å². The summed E-state index contributed by atoms with van der Waals surface area (Å²) in [6, 6.07) is 3.88. The zero-order valence-corrected chi connectivity index (χ0v) is 12.5. The number of alkyl halides is 3. The van der Waals surface area contributed by atoms with E-state index in [1.165, 1.54) is 19.1 Å². The first-order valence-corrected chi connectivity index (χ1v) is 8.70. The van der Waals surface area contributed by atoms with Gasteiger partial charge in [0.05, 0.1) is 6.26 Å². The molecule has 6 nitrogen and oxygen atoms in total. The first kappa shape index (κ1) is 17.7. The van der Waals surface area contributed by atoms with Crippen LogP contribution in [0.1, 0.15) is 18.5 Å². The van der Waals surface area contributed by atoms with Crippen LogP contribution in [0.4, 0.5) is 13.2 Å². The molecule has 21 heavy (non-hydrogen) atoms. The molecule has 0 aliphatic heterocycles. The van der Waals surface area contributed by atoms with Gasteiger partial charge in [-0.05, 0) is 24.6 Å². The highest BCUT2D eigenvalue weighted by Gasteiger charge is 2.48. The van der Waals surface area contributed by atoms with E-state index in [4.69, 9.17) is 0 Å². The van der Waals surface area contributed by atoms with Gasteiger partial charge in [0.2, 0.25) is 10.0 Å². The first-order valence-electron chi connectivity index (χ1n) is 5.40. The molecule has 1 unspecified atom stereocenters. The molecule has 0 amide bonds. The normalized spacial score (nSPS) is 14.7. The second-order valence-electron chi connectivity index (χ2n) is 4.16. The van der Waals surface area contributed by atoms with Gasteiger partial charge in [-0.3, -0.25) is 0 Å². The minimum atomic E-state index is -5.72. The molecule has 0 fully saturated rings. The van der Waals surface area contributed by atoms with Gasteiger partial charge in [0.15, 0.2) is 0 Å². The van der Waals surface area contributed by atoms with Crippen LogP contribution in [0, 0.1) is 0 Å². The lowest BCUT2D eigenvalue weighted by molar-refractivity contribution is -0.0500. The quantitative estimate of drug-likeness (QED) is 0.644. The smallest absolute Gasteiger partial charge is 0.376 e. The van der Waals surface area contributed by atoms with E-state index in [9.17, 15) is 30.0 Å². The average Bonchev–Trinajstić information content (AvgIpc) is 2.25. The highest BCUT2D eigenvalue weighted by atomic mass is 32.2. The number of sulfonamides is 1. The largest absolute Gasteiger partial charge is 0.534 e. The summed E-state index contributed by atoms with van der Waals surface area (Å²) < 4.78 is 86.2. The number of rotatable bonds is 5. The molecule has 0 bridgehead atoms. The summed E-state index contributed by atoms with van der Waals surface area (Å²) in [5.41, 5.74) is -5.09. The van der Waals surface area contributed by atoms with Gasteiger partial charge in [-0.1, -0.05) is 12.1 Å². The summed E-state index contributed by atoms with van der Waals surface area (Å²) in [6.45, 7) is 1.52. The molecule has 1 rings (SSSR count). The van der Waals surface area contributed by atoms with Crippen LogP contribution in [0.2, 0.25) is 0 Å². The van der Waals surface area contributed by atoms with Crippen LogP contribution in [0.5, 0.6) is 5.75 Å². The summed E-state index contributed by atoms with van der Waals surface area (Å²) in [4.78, 5) is 0. The topological polar surface area (TPSA) is 89.5 Å². The summed E-state index contributed by atoms with van der Waals surface area (Å²) in [6.07, 6.45) is 0.955. The highest BCUT2D eigenvalue weighted by molar-refractivity contribution is 7.88. The molecule has 1 aromatic rings. The number of hydrogen-bond donors (Lipinski definition) is 1. The predicted octanol–water partition coefficient (Wildman–Crippen LogP) is 1.53. The molecule has 0 radical (unpaired) electrons. The summed E-state index contributed by atoms with van der Waals surface area (Å²) in [5.74, 6) is -0.525. The highest BCUT2D eigenvalue weighted by Crippen LogP contribution is 2.27. The van der Waals surface area contributed by atoms with Crippen molar-refractivity contribution in [3.05, 3.63) is 29.8 Å². The van der Waals surface area contributed by atoms with Crippen LogP contribution in [0.15, 0.2) is 24.3 Å². The fourth-order valence-corrected chi connectivity index (χ4v) is 2.61. The molecule has 120 valence electrons. The lowest BCUT2D eigenvalue weighted by Crippen LogP contribution is -2.28. The number of halogens is 3. The Balaban J connectivity index is 2.89. The maximum absolute atomic E-state index is 12.1. The second kappa shape index (κ2) is 5.81. The molecule has 1 N–H and O–H groups in total. The van der Waals surface area contributed by atoms with Gasteiger partial charge in [-0.2, -0.15) is 21.6 Å². The van der Waals surface area contributed by atoms with Gasteiger partial charge in [0, 0.05) is 6.04 Å². The van der Waals surface area contributed by atoms with Gasteiger partial charge in [0.25, 0.3) is 0 Å². The standard InChI is InChI=1S/C10H12F3NO5S2/c1-7(14-20(2,15)16)8-3-5-9(6-4-8)19-21(17,18)10(11,12)13/h3-7,14H,1-2H3. The Hall–Kier alpha value is -1.33. The van der Waals surface area contributed by atoms with Crippen LogP contribution in [0.25, 0.3) is 0 Å². The fourth-order valence-electron chi connectivity index (χ4n) is 1.38. The molecule has 1 aromatic carbocycles. The van der Waals surface area contributed by atoms with Crippen molar-refractivity contribution in [2.45, 2.75) is 18.5 Å². The molecular weight excluding hydrogens is 335 g/mol. The van der Waals surface area contributed by atoms with Gasteiger partial charge < -0.3 is 4.18 Å². The van der Waals surface area contributed by atoms with E-state index >= 15 is 0 Å². The third-order valence-corrected chi connectivity index (χ3v) is 4.02. The Labute approximate surface area is 120 Å². The van der Waals surface area contributed by atoms with E-state index < -0.39 is 37.4 Å². The molecule has 11 heteroatoms. The summed E-state index contributed by atoms with van der Waals surface area (Å²) in [7, 11) is -9.18. The van der Waals surface area contributed by atoms with E-state index in [2.05, 4.69) is 8.91 Å². The molecule has 0 heterocycles. The molecular formula is C10H12F3NO5S2. The van der Waals surface area contributed by atoms with E-state index in [-0.39, 0.29) is 0 Å². The lowest BCUT2D eigenvalue weighted by atomic mass is 10.1. The molecule has 0 spiro atoms. The Morgan fingerprint density at radius 3 is 1.95 bits per heavy atom. The number of benzene rings is 1. The van der Waals surface area contributed by atoms with E-state index in [0.29, 0.717) is 5.56 Å². The monoisotopic (exact) mass is 347 g/mol. The van der Waals surface area contributed by atoms with Gasteiger partial charge in [0.1, 0.15) is 5.75 Å². The van der Waals surface area contributed by atoms with Crippen LogP contribution < -0.4 is 8.91 Å². The summed E-state index contributed by atoms with van der Waals surface area (Å²) >= 11 is 0. The minimum absolute atomic E-state index is 0.428. The van der Waals surface area contributed by atoms with Crippen molar-refractivity contribution in [2.75, 3.05) is 6.26 Å². The Morgan fingerprint density at radius 2 is 1.57 bits per heavy atom. The van der Waals surface area contributed by atoms with Crippen molar-refractivity contribution in [1.29, 1.82) is 0 Å². The SMILES string of the molecule is CC(NS(C)(=O)=O)c1ccc(OS(=O)(=O)C(F)(F)F)cc1. The van der Waals surface area contributed by atoms with Crippen molar-refractivity contribution in [1.82, 2.24) is 4.72 Å². The molecule has 1 atom stereocenters. The van der Waals surface area contributed by atoms with E-state index in [1.807, 2.05) is 0 Å². The third kappa shape index (κ3) is 5.17. The fraction of sp³-hybridized carbons (Fsp3) is 0.400. The van der Waals surface area contributed by atoms with Crippen molar-refractivity contribution in [3.8, 4) is 5.75 Å². The molecule has 0 aromatic heterocycles. The predicted molar refractivity (Wildman–Crippen MR) is 68.4 cm³/mol. The average molecular weight is 347 g/mol. The zero-order chi connectivity index (χ0) is 16.5. The first-order chi connectivity index (χ1) is 9.32. The van der Waals surface area contributed by atoms with Crippen molar-refractivity contribution in [3.63, 3.8) is 0 Å². The Bertz CT molecular complexity index is 695. The third-order valence-electron chi connectivity index (χ3n) is 2.26. The lowest BCUT2D eigenvalue weighted by Gasteiger charge is -2.13. The molecule has 0 aliphatic carbocycles. The van der Waals surface area contributed by atoms with Crippen molar-refractivity contribution >= 4 is 20.1 Å². The van der Waals surface area contributed by atoms with Gasteiger partial charge in [-0.25, -0.2) is 13.1 Å². The van der Waals surface area contributed by atoms with Gasteiger partial charge in [-0.15, -0.1) is 0 Å². The molecule has 0 saturated carbocycles. The van der Waals surface area contributed by atoms with E-state index in [0.717, 1.165) is 18.4 Å². The van der Waals surface area contributed by atoms with Crippen molar-refractivity contribution in [2.24, 2.45) is 0 Å². The van der Waals surface area contributed by atoms with Crippen molar-refractivity contribution < 1.29 is 34.2 Å². The number of hydrogen-bond acceptors (Lipinski definition) is 5. The minimum Gasteiger partial charge on any atom is -0.376 e. The van der Waals surface area contributed by atoms with Gasteiger partial charge >= 0.3 is 15.6 Å². The van der Waals surface area contributed by atoms with Crippen LogP contribution in [-0.4, -0.2) is 28.6 Å². The summed E-state index contributed by atoms with van der Waals surface area (Å²) in [5, 5.41) is 0. The second-order valence-corrected chi connectivity index (χ2v) is 7.48. The van der Waals surface area contributed by atoms with Crippen LogP contribution >= 0.6 is 0 Å². The van der Waals surface area contributed by atoms with Crippen LogP contribution in [0.3, 0.4) is 0 Å². The molecule has 0 aliphatic rings. The molecule has 0 saturated heterocycles.